The minimum Gasteiger partial charge on any atom is -0.378 e. The van der Waals surface area contributed by atoms with E-state index in [2.05, 4.69) is 50.4 Å². The zero-order valence-corrected chi connectivity index (χ0v) is 13.2. The molecule has 1 aliphatic heterocycles. The summed E-state index contributed by atoms with van der Waals surface area (Å²) in [5, 5.41) is 3.61. The third-order valence-electron chi connectivity index (χ3n) is 4.29. The van der Waals surface area contributed by atoms with Crippen LogP contribution in [0.1, 0.15) is 69.5 Å². The molecule has 1 heterocycles. The average molecular weight is 275 g/mol. The molecule has 2 unspecified atom stereocenters. The average Bonchev–Trinajstić information content (AvgIpc) is 2.48. The largest absolute Gasteiger partial charge is 0.378 e. The predicted molar refractivity (Wildman–Crippen MR) is 85.2 cm³/mol. The quantitative estimate of drug-likeness (QED) is 0.830. The highest BCUT2D eigenvalue weighted by molar-refractivity contribution is 5.26. The van der Waals surface area contributed by atoms with Gasteiger partial charge in [0, 0.05) is 12.6 Å². The summed E-state index contributed by atoms with van der Waals surface area (Å²) in [6.07, 6.45) is 5.42. The monoisotopic (exact) mass is 275 g/mol. The molecule has 1 fully saturated rings. The van der Waals surface area contributed by atoms with Crippen molar-refractivity contribution in [2.75, 3.05) is 13.2 Å². The number of hydrogen-bond donors (Lipinski definition) is 1. The van der Waals surface area contributed by atoms with Crippen LogP contribution in [0.5, 0.6) is 0 Å². The molecule has 0 saturated carbocycles. The first kappa shape index (κ1) is 15.5. The van der Waals surface area contributed by atoms with Gasteiger partial charge in [-0.3, -0.25) is 0 Å². The van der Waals surface area contributed by atoms with E-state index in [4.69, 9.17) is 4.74 Å². The van der Waals surface area contributed by atoms with Gasteiger partial charge in [0.25, 0.3) is 0 Å². The number of ether oxygens (including phenoxy) is 1. The Morgan fingerprint density at radius 1 is 1.10 bits per heavy atom. The van der Waals surface area contributed by atoms with E-state index >= 15 is 0 Å². The van der Waals surface area contributed by atoms with E-state index in [1.807, 2.05) is 0 Å². The summed E-state index contributed by atoms with van der Waals surface area (Å²) in [6, 6.07) is 9.43. The lowest BCUT2D eigenvalue weighted by molar-refractivity contribution is 0.0112. The first-order valence-corrected chi connectivity index (χ1v) is 8.11. The van der Waals surface area contributed by atoms with Crippen LogP contribution in [0, 0.1) is 0 Å². The Morgan fingerprint density at radius 2 is 1.80 bits per heavy atom. The van der Waals surface area contributed by atoms with Crippen molar-refractivity contribution in [2.24, 2.45) is 0 Å². The lowest BCUT2D eigenvalue weighted by atomic mass is 9.99. The Hall–Kier alpha value is -0.860. The van der Waals surface area contributed by atoms with E-state index in [0.29, 0.717) is 18.1 Å². The lowest BCUT2D eigenvalue weighted by Crippen LogP contribution is -2.27. The van der Waals surface area contributed by atoms with Gasteiger partial charge in [0.1, 0.15) is 0 Å². The minimum absolute atomic E-state index is 0.416. The van der Waals surface area contributed by atoms with Crippen LogP contribution < -0.4 is 5.32 Å². The van der Waals surface area contributed by atoms with Crippen molar-refractivity contribution in [1.82, 2.24) is 5.32 Å². The minimum atomic E-state index is 0.416. The van der Waals surface area contributed by atoms with E-state index in [1.54, 1.807) is 0 Å². The Bertz CT molecular complexity index is 379. The summed E-state index contributed by atoms with van der Waals surface area (Å²) in [4.78, 5) is 0. The number of nitrogens with one attached hydrogen (secondary N) is 1. The van der Waals surface area contributed by atoms with Gasteiger partial charge in [0.15, 0.2) is 0 Å². The number of hydrogen-bond acceptors (Lipinski definition) is 2. The molecule has 1 aromatic rings. The van der Waals surface area contributed by atoms with Crippen molar-refractivity contribution in [2.45, 2.75) is 64.5 Å². The van der Waals surface area contributed by atoms with Gasteiger partial charge in [-0.2, -0.15) is 0 Å². The smallest absolute Gasteiger partial charge is 0.0587 e. The fraction of sp³-hybridized carbons (Fsp3) is 0.667. The Kier molecular flexibility index (Phi) is 6.06. The van der Waals surface area contributed by atoms with Gasteiger partial charge >= 0.3 is 0 Å². The fourth-order valence-electron chi connectivity index (χ4n) is 2.78. The maximum atomic E-state index is 5.77. The zero-order valence-electron chi connectivity index (χ0n) is 13.2. The standard InChI is InChI=1S/C18H29NO/c1-14(2)16-7-9-17(10-8-16)15(3)19-12-11-18-6-4-5-13-20-18/h7-10,14-15,18-19H,4-6,11-13H2,1-3H3. The van der Waals surface area contributed by atoms with Crippen LogP contribution in [0.15, 0.2) is 24.3 Å². The molecule has 2 nitrogen and oxygen atoms in total. The molecule has 112 valence electrons. The van der Waals surface area contributed by atoms with Crippen LogP contribution in [0.2, 0.25) is 0 Å². The van der Waals surface area contributed by atoms with Crippen molar-refractivity contribution in [1.29, 1.82) is 0 Å². The fourth-order valence-corrected chi connectivity index (χ4v) is 2.78. The third-order valence-corrected chi connectivity index (χ3v) is 4.29. The molecular weight excluding hydrogens is 246 g/mol. The summed E-state index contributed by atoms with van der Waals surface area (Å²) in [6.45, 7) is 8.71. The second-order valence-electron chi connectivity index (χ2n) is 6.27. The normalized spacial score (nSPS) is 21.1. The summed E-state index contributed by atoms with van der Waals surface area (Å²) in [7, 11) is 0. The molecule has 1 aliphatic rings. The molecule has 20 heavy (non-hydrogen) atoms. The van der Waals surface area contributed by atoms with Gasteiger partial charge in [-0.1, -0.05) is 38.1 Å². The van der Waals surface area contributed by atoms with Crippen LogP contribution in [0.25, 0.3) is 0 Å². The molecule has 0 bridgehead atoms. The first-order valence-electron chi connectivity index (χ1n) is 8.11. The van der Waals surface area contributed by atoms with Crippen molar-refractivity contribution < 1.29 is 4.74 Å². The van der Waals surface area contributed by atoms with Gasteiger partial charge in [-0.25, -0.2) is 0 Å². The maximum absolute atomic E-state index is 5.77. The van der Waals surface area contributed by atoms with Gasteiger partial charge < -0.3 is 10.1 Å². The van der Waals surface area contributed by atoms with Gasteiger partial charge in [-0.15, -0.1) is 0 Å². The maximum Gasteiger partial charge on any atom is 0.0587 e. The lowest BCUT2D eigenvalue weighted by Gasteiger charge is -2.23. The van der Waals surface area contributed by atoms with E-state index in [-0.39, 0.29) is 0 Å². The highest BCUT2D eigenvalue weighted by Crippen LogP contribution is 2.19. The second-order valence-corrected chi connectivity index (χ2v) is 6.27. The van der Waals surface area contributed by atoms with E-state index in [1.165, 1.54) is 30.4 Å². The first-order chi connectivity index (χ1) is 9.66. The predicted octanol–water partition coefficient (Wildman–Crippen LogP) is 4.42. The summed E-state index contributed by atoms with van der Waals surface area (Å²) in [5.74, 6) is 0.607. The number of rotatable bonds is 6. The molecule has 1 N–H and O–H groups in total. The van der Waals surface area contributed by atoms with E-state index in [9.17, 15) is 0 Å². The third kappa shape index (κ3) is 4.60. The molecule has 1 aromatic carbocycles. The molecule has 0 aliphatic carbocycles. The van der Waals surface area contributed by atoms with Gasteiger partial charge in [0.05, 0.1) is 6.10 Å². The summed E-state index contributed by atoms with van der Waals surface area (Å²) >= 11 is 0. The Morgan fingerprint density at radius 3 is 2.40 bits per heavy atom. The van der Waals surface area contributed by atoms with Crippen molar-refractivity contribution >= 4 is 0 Å². The highest BCUT2D eigenvalue weighted by atomic mass is 16.5. The van der Waals surface area contributed by atoms with Crippen LogP contribution >= 0.6 is 0 Å². The summed E-state index contributed by atoms with van der Waals surface area (Å²) in [5.41, 5.74) is 2.79. The Balaban J connectivity index is 1.74. The molecular formula is C18H29NO. The van der Waals surface area contributed by atoms with Crippen molar-refractivity contribution in [3.63, 3.8) is 0 Å². The molecule has 1 saturated heterocycles. The van der Waals surface area contributed by atoms with Crippen molar-refractivity contribution in [3.8, 4) is 0 Å². The topological polar surface area (TPSA) is 21.3 Å². The highest BCUT2D eigenvalue weighted by Gasteiger charge is 2.14. The van der Waals surface area contributed by atoms with Crippen molar-refractivity contribution in [3.05, 3.63) is 35.4 Å². The van der Waals surface area contributed by atoms with Crippen LogP contribution in [0.3, 0.4) is 0 Å². The molecule has 0 aromatic heterocycles. The molecule has 0 radical (unpaired) electrons. The molecule has 2 atom stereocenters. The van der Waals surface area contributed by atoms with E-state index < -0.39 is 0 Å². The second kappa shape index (κ2) is 7.80. The molecule has 0 amide bonds. The number of benzene rings is 1. The van der Waals surface area contributed by atoms with Gasteiger partial charge in [-0.05, 0) is 56.2 Å². The molecule has 2 rings (SSSR count). The zero-order chi connectivity index (χ0) is 14.4. The Labute approximate surface area is 123 Å². The molecule has 0 spiro atoms. The van der Waals surface area contributed by atoms with Crippen LogP contribution in [0.4, 0.5) is 0 Å². The summed E-state index contributed by atoms with van der Waals surface area (Å²) < 4.78 is 5.77. The van der Waals surface area contributed by atoms with Crippen LogP contribution in [-0.2, 0) is 4.74 Å². The van der Waals surface area contributed by atoms with Gasteiger partial charge in [0.2, 0.25) is 0 Å². The van der Waals surface area contributed by atoms with Crippen LogP contribution in [-0.4, -0.2) is 19.3 Å². The van der Waals surface area contributed by atoms with E-state index in [0.717, 1.165) is 19.6 Å². The molecule has 2 heteroatoms. The SMILES string of the molecule is CC(C)c1ccc(C(C)NCCC2CCCCO2)cc1.